The average molecular weight is 340 g/mol. The number of hydrogen-bond acceptors (Lipinski definition) is 6. The van der Waals surface area contributed by atoms with Crippen molar-refractivity contribution < 1.29 is 19.8 Å². The number of aliphatic imine (C=N–C) groups is 1. The summed E-state index contributed by atoms with van der Waals surface area (Å²) in [5.74, 6) is -0.301. The minimum absolute atomic E-state index is 0.0604. The topological polar surface area (TPSA) is 123 Å². The van der Waals surface area contributed by atoms with E-state index in [1.807, 2.05) is 0 Å². The number of phenols is 2. The summed E-state index contributed by atoms with van der Waals surface area (Å²) >= 11 is 0. The lowest BCUT2D eigenvalue weighted by Crippen LogP contribution is -2.47. The molecule has 0 atom stereocenters. The third-order valence-corrected chi connectivity index (χ3v) is 3.61. The second-order valence-electron chi connectivity index (χ2n) is 5.42. The molecule has 0 saturated heterocycles. The molecule has 0 radical (unpaired) electrons. The fourth-order valence-corrected chi connectivity index (χ4v) is 2.34. The summed E-state index contributed by atoms with van der Waals surface area (Å²) in [6.45, 7) is 0.0604. The monoisotopic (exact) mass is 340 g/mol. The summed E-state index contributed by atoms with van der Waals surface area (Å²) in [7, 11) is 0. The van der Waals surface area contributed by atoms with Gasteiger partial charge in [-0.15, -0.1) is 0 Å². The van der Waals surface area contributed by atoms with Gasteiger partial charge in [0.1, 0.15) is 23.9 Å². The van der Waals surface area contributed by atoms with Crippen molar-refractivity contribution >= 4 is 23.3 Å². The molecule has 1 aliphatic rings. The highest BCUT2D eigenvalue weighted by Crippen LogP contribution is 2.26. The Kier molecular flexibility index (Phi) is 4.51. The summed E-state index contributed by atoms with van der Waals surface area (Å²) in [6, 6.07) is 11.2. The molecule has 2 amide bonds. The lowest BCUT2D eigenvalue weighted by atomic mass is 10.1. The molecule has 0 spiro atoms. The Labute approximate surface area is 143 Å². The number of aromatic hydroxyl groups is 2. The van der Waals surface area contributed by atoms with Crippen LogP contribution in [0.1, 0.15) is 11.1 Å². The van der Waals surface area contributed by atoms with Gasteiger partial charge in [0.2, 0.25) is 5.91 Å². The Hall–Kier alpha value is -3.55. The first-order chi connectivity index (χ1) is 12.0. The number of phenolic OH excluding ortho intramolecular Hbond substituents is 2. The van der Waals surface area contributed by atoms with Gasteiger partial charge in [-0.25, -0.2) is 0 Å². The van der Waals surface area contributed by atoms with Gasteiger partial charge >= 0.3 is 0 Å². The van der Waals surface area contributed by atoms with Gasteiger partial charge in [-0.2, -0.15) is 0 Å². The number of hydrazine groups is 1. The Morgan fingerprint density at radius 3 is 2.36 bits per heavy atom. The molecule has 1 aliphatic heterocycles. The molecule has 0 bridgehead atoms. The maximum absolute atomic E-state index is 12.1. The van der Waals surface area contributed by atoms with Gasteiger partial charge in [-0.3, -0.25) is 25.4 Å². The molecule has 128 valence electrons. The molecule has 2 aromatic carbocycles. The molecule has 8 heteroatoms. The third-order valence-electron chi connectivity index (χ3n) is 3.61. The van der Waals surface area contributed by atoms with Crippen LogP contribution in [-0.2, 0) is 16.0 Å². The molecule has 1 heterocycles. The van der Waals surface area contributed by atoms with Crippen molar-refractivity contribution in [2.45, 2.75) is 6.42 Å². The molecule has 0 fully saturated rings. The summed E-state index contributed by atoms with van der Waals surface area (Å²) in [4.78, 5) is 27.2. The lowest BCUT2D eigenvalue weighted by molar-refractivity contribution is -0.120. The highest BCUT2D eigenvalue weighted by Gasteiger charge is 2.14. The van der Waals surface area contributed by atoms with Crippen molar-refractivity contribution in [3.8, 4) is 11.5 Å². The average Bonchev–Trinajstić information content (AvgIpc) is 2.60. The Bertz CT molecular complexity index is 826. The second kappa shape index (κ2) is 6.91. The number of hydrogen-bond donors (Lipinski definition) is 5. The number of benzene rings is 2. The van der Waals surface area contributed by atoms with Crippen molar-refractivity contribution in [3.05, 3.63) is 53.6 Å². The number of carbonyl (C=O) groups excluding carboxylic acids is 2. The smallest absolute Gasteiger partial charge is 0.260 e. The van der Waals surface area contributed by atoms with Crippen molar-refractivity contribution in [2.24, 2.45) is 4.99 Å². The van der Waals surface area contributed by atoms with E-state index in [0.717, 1.165) is 5.56 Å². The number of amidine groups is 1. The van der Waals surface area contributed by atoms with Crippen molar-refractivity contribution in [2.75, 3.05) is 11.9 Å². The number of carbonyl (C=O) groups is 2. The first-order valence-corrected chi connectivity index (χ1v) is 7.52. The van der Waals surface area contributed by atoms with E-state index in [-0.39, 0.29) is 41.8 Å². The van der Waals surface area contributed by atoms with E-state index in [1.54, 1.807) is 24.3 Å². The van der Waals surface area contributed by atoms with Gasteiger partial charge in [0, 0.05) is 16.8 Å². The maximum atomic E-state index is 12.1. The molecular weight excluding hydrogens is 324 g/mol. The fourth-order valence-electron chi connectivity index (χ4n) is 2.34. The standard InChI is InChI=1S/C17H16N4O4/c22-13-2-1-3-14(23)12(13)8-15(24)19-11-6-4-10(5-7-11)17-18-9-16(25)20-21-17/h1-7,22-23H,8-9H2,(H,18,21)(H,19,24)(H,20,25). The first kappa shape index (κ1) is 16.3. The molecule has 25 heavy (non-hydrogen) atoms. The second-order valence-corrected chi connectivity index (χ2v) is 5.42. The van der Waals surface area contributed by atoms with Gasteiger partial charge < -0.3 is 15.5 Å². The van der Waals surface area contributed by atoms with Crippen molar-refractivity contribution in [1.29, 1.82) is 0 Å². The number of nitrogens with one attached hydrogen (secondary N) is 3. The molecule has 0 aliphatic carbocycles. The van der Waals surface area contributed by atoms with Crippen LogP contribution in [0.3, 0.4) is 0 Å². The third kappa shape index (κ3) is 3.86. The van der Waals surface area contributed by atoms with Gasteiger partial charge in [0.05, 0.1) is 6.42 Å². The van der Waals surface area contributed by atoms with E-state index in [2.05, 4.69) is 21.2 Å². The van der Waals surface area contributed by atoms with Crippen LogP contribution in [0.4, 0.5) is 5.69 Å². The van der Waals surface area contributed by atoms with E-state index in [4.69, 9.17) is 0 Å². The van der Waals surface area contributed by atoms with Gasteiger partial charge in [0.25, 0.3) is 5.91 Å². The number of rotatable bonds is 4. The summed E-state index contributed by atoms with van der Waals surface area (Å²) < 4.78 is 0. The van der Waals surface area contributed by atoms with Crippen molar-refractivity contribution in [1.82, 2.24) is 10.9 Å². The first-order valence-electron chi connectivity index (χ1n) is 7.52. The molecule has 0 aromatic heterocycles. The highest BCUT2D eigenvalue weighted by atomic mass is 16.3. The number of anilines is 1. The normalized spacial score (nSPS) is 13.4. The predicted octanol–water partition coefficient (Wildman–Crippen LogP) is 0.660. The highest BCUT2D eigenvalue weighted by molar-refractivity contribution is 6.03. The van der Waals surface area contributed by atoms with E-state index in [9.17, 15) is 19.8 Å². The predicted molar refractivity (Wildman–Crippen MR) is 91.2 cm³/mol. The van der Waals surface area contributed by atoms with E-state index < -0.39 is 0 Å². The maximum Gasteiger partial charge on any atom is 0.260 e. The summed E-state index contributed by atoms with van der Waals surface area (Å²) in [5, 5.41) is 22.1. The zero-order valence-electron chi connectivity index (χ0n) is 13.1. The summed E-state index contributed by atoms with van der Waals surface area (Å²) in [6.07, 6.45) is -0.152. The molecule has 5 N–H and O–H groups in total. The SMILES string of the molecule is O=C1CN=C(c2ccc(NC(=O)Cc3c(O)cccc3O)cc2)NN1. The van der Waals surface area contributed by atoms with E-state index in [1.165, 1.54) is 18.2 Å². The lowest BCUT2D eigenvalue weighted by Gasteiger charge is -2.15. The molecule has 3 rings (SSSR count). The molecule has 8 nitrogen and oxygen atoms in total. The number of amides is 2. The van der Waals surface area contributed by atoms with Crippen LogP contribution in [-0.4, -0.2) is 34.4 Å². The Morgan fingerprint density at radius 1 is 1.08 bits per heavy atom. The van der Waals surface area contributed by atoms with Crippen LogP contribution < -0.4 is 16.2 Å². The molecule has 0 unspecified atom stereocenters. The fraction of sp³-hybridized carbons (Fsp3) is 0.118. The van der Waals surface area contributed by atoms with Crippen LogP contribution >= 0.6 is 0 Å². The number of nitrogens with zero attached hydrogens (tertiary/aromatic N) is 1. The molecular formula is C17H16N4O4. The zero-order chi connectivity index (χ0) is 17.8. The minimum Gasteiger partial charge on any atom is -0.508 e. The van der Waals surface area contributed by atoms with Crippen LogP contribution in [0.2, 0.25) is 0 Å². The Balaban J connectivity index is 1.65. The van der Waals surface area contributed by atoms with Crippen LogP contribution in [0.5, 0.6) is 11.5 Å². The largest absolute Gasteiger partial charge is 0.508 e. The van der Waals surface area contributed by atoms with Crippen LogP contribution in [0, 0.1) is 0 Å². The Morgan fingerprint density at radius 2 is 1.76 bits per heavy atom. The summed E-state index contributed by atoms with van der Waals surface area (Å²) in [5.41, 5.74) is 6.67. The van der Waals surface area contributed by atoms with E-state index in [0.29, 0.717) is 11.5 Å². The van der Waals surface area contributed by atoms with Gasteiger partial charge in [-0.1, -0.05) is 6.07 Å². The van der Waals surface area contributed by atoms with E-state index >= 15 is 0 Å². The van der Waals surface area contributed by atoms with Gasteiger partial charge in [-0.05, 0) is 36.4 Å². The minimum atomic E-state index is -0.370. The van der Waals surface area contributed by atoms with Crippen LogP contribution in [0.15, 0.2) is 47.5 Å². The van der Waals surface area contributed by atoms with Gasteiger partial charge in [0.15, 0.2) is 0 Å². The molecule has 2 aromatic rings. The van der Waals surface area contributed by atoms with Crippen molar-refractivity contribution in [3.63, 3.8) is 0 Å². The van der Waals surface area contributed by atoms with Crippen LogP contribution in [0.25, 0.3) is 0 Å². The zero-order valence-corrected chi connectivity index (χ0v) is 13.1. The molecule has 0 saturated carbocycles. The quantitative estimate of drug-likeness (QED) is 0.559.